The van der Waals surface area contributed by atoms with Crippen LogP contribution in [0, 0.1) is 5.92 Å². The lowest BCUT2D eigenvalue weighted by molar-refractivity contribution is 0.388. The van der Waals surface area contributed by atoms with E-state index in [0.717, 1.165) is 23.0 Å². The van der Waals surface area contributed by atoms with Gasteiger partial charge in [-0.1, -0.05) is 18.5 Å². The van der Waals surface area contributed by atoms with Crippen molar-refractivity contribution in [3.05, 3.63) is 29.3 Å². The Morgan fingerprint density at radius 2 is 1.94 bits per heavy atom. The van der Waals surface area contributed by atoms with Crippen LogP contribution in [0.2, 0.25) is 5.02 Å². The quantitative estimate of drug-likeness (QED) is 0.784. The van der Waals surface area contributed by atoms with E-state index in [1.807, 2.05) is 24.3 Å². The number of hydrogen-bond acceptors (Lipinski definition) is 2. The van der Waals surface area contributed by atoms with Crippen molar-refractivity contribution in [3.8, 4) is 0 Å². The van der Waals surface area contributed by atoms with Crippen LogP contribution >= 0.6 is 11.6 Å². The summed E-state index contributed by atoms with van der Waals surface area (Å²) in [6, 6.07) is 7.71. The van der Waals surface area contributed by atoms with E-state index in [0.29, 0.717) is 5.92 Å². The lowest BCUT2D eigenvalue weighted by Gasteiger charge is -2.19. The Balaban J connectivity index is 2.09. The summed E-state index contributed by atoms with van der Waals surface area (Å²) in [4.78, 5) is 4.69. The SMILES string of the molecule is C[C@@H]1CC(Nc2ccc(Cl)cc2)=NC1(C)C. The number of nitrogens with zero attached hydrogens (tertiary/aromatic N) is 1. The lowest BCUT2D eigenvalue weighted by atomic mass is 9.90. The van der Waals surface area contributed by atoms with Gasteiger partial charge in [0.2, 0.25) is 0 Å². The van der Waals surface area contributed by atoms with E-state index in [9.17, 15) is 0 Å². The predicted molar refractivity (Wildman–Crippen MR) is 70.4 cm³/mol. The first kappa shape index (κ1) is 11.5. The highest BCUT2D eigenvalue weighted by Crippen LogP contribution is 2.31. The van der Waals surface area contributed by atoms with E-state index < -0.39 is 0 Å². The smallest absolute Gasteiger partial charge is 0.102 e. The summed E-state index contributed by atoms with van der Waals surface area (Å²) in [5, 5.41) is 4.10. The average molecular weight is 237 g/mol. The van der Waals surface area contributed by atoms with Crippen LogP contribution in [0.15, 0.2) is 29.3 Å². The Kier molecular flexibility index (Phi) is 2.94. The van der Waals surface area contributed by atoms with Crippen LogP contribution in [-0.2, 0) is 0 Å². The minimum atomic E-state index is 0.0504. The van der Waals surface area contributed by atoms with Crippen molar-refractivity contribution in [1.82, 2.24) is 0 Å². The minimum absolute atomic E-state index is 0.0504. The van der Waals surface area contributed by atoms with Crippen molar-refractivity contribution in [1.29, 1.82) is 0 Å². The highest BCUT2D eigenvalue weighted by Gasteiger charge is 2.32. The van der Waals surface area contributed by atoms with Gasteiger partial charge in [0.15, 0.2) is 0 Å². The molecule has 1 N–H and O–H groups in total. The lowest BCUT2D eigenvalue weighted by Crippen LogP contribution is -2.21. The number of hydrogen-bond donors (Lipinski definition) is 1. The van der Waals surface area contributed by atoms with Crippen molar-refractivity contribution in [3.63, 3.8) is 0 Å². The van der Waals surface area contributed by atoms with Gasteiger partial charge >= 0.3 is 0 Å². The summed E-state index contributed by atoms with van der Waals surface area (Å²) in [6.07, 6.45) is 1.01. The molecule has 3 heteroatoms. The van der Waals surface area contributed by atoms with Crippen molar-refractivity contribution in [2.75, 3.05) is 5.32 Å². The molecule has 1 aliphatic heterocycles. The molecule has 1 aliphatic rings. The topological polar surface area (TPSA) is 24.4 Å². The number of halogens is 1. The van der Waals surface area contributed by atoms with Gasteiger partial charge in [0, 0.05) is 17.1 Å². The van der Waals surface area contributed by atoms with Crippen molar-refractivity contribution in [2.24, 2.45) is 10.9 Å². The first-order valence-corrected chi connectivity index (χ1v) is 5.96. The molecule has 2 rings (SSSR count). The fourth-order valence-corrected chi connectivity index (χ4v) is 1.95. The van der Waals surface area contributed by atoms with Gasteiger partial charge in [0.25, 0.3) is 0 Å². The van der Waals surface area contributed by atoms with Gasteiger partial charge < -0.3 is 5.32 Å². The molecule has 1 heterocycles. The predicted octanol–water partition coefficient (Wildman–Crippen LogP) is 3.97. The summed E-state index contributed by atoms with van der Waals surface area (Å²) in [5.41, 5.74) is 1.10. The molecule has 0 bridgehead atoms. The Bertz CT molecular complexity index is 406. The maximum Gasteiger partial charge on any atom is 0.102 e. The van der Waals surface area contributed by atoms with E-state index in [-0.39, 0.29) is 5.54 Å². The van der Waals surface area contributed by atoms with Crippen LogP contribution in [0.5, 0.6) is 0 Å². The van der Waals surface area contributed by atoms with E-state index in [1.165, 1.54) is 0 Å². The second-order valence-corrected chi connectivity index (χ2v) is 5.39. The minimum Gasteiger partial charge on any atom is -0.344 e. The molecule has 0 fully saturated rings. The number of rotatable bonds is 1. The monoisotopic (exact) mass is 236 g/mol. The van der Waals surface area contributed by atoms with E-state index in [2.05, 4.69) is 26.1 Å². The fourth-order valence-electron chi connectivity index (χ4n) is 1.82. The molecule has 1 aromatic carbocycles. The van der Waals surface area contributed by atoms with Gasteiger partial charge in [0.1, 0.15) is 5.84 Å². The molecule has 86 valence electrons. The second-order valence-electron chi connectivity index (χ2n) is 4.95. The number of amidine groups is 1. The third-order valence-electron chi connectivity index (χ3n) is 3.26. The normalized spacial score (nSPS) is 23.0. The molecule has 0 saturated carbocycles. The van der Waals surface area contributed by atoms with Gasteiger partial charge in [-0.05, 0) is 44.0 Å². The molecule has 1 atom stereocenters. The number of anilines is 1. The van der Waals surface area contributed by atoms with Gasteiger partial charge in [-0.15, -0.1) is 0 Å². The van der Waals surface area contributed by atoms with Gasteiger partial charge in [-0.2, -0.15) is 0 Å². The molecule has 0 saturated heterocycles. The molecular weight excluding hydrogens is 220 g/mol. The zero-order valence-corrected chi connectivity index (χ0v) is 10.7. The van der Waals surface area contributed by atoms with E-state index in [1.54, 1.807) is 0 Å². The van der Waals surface area contributed by atoms with Gasteiger partial charge in [-0.3, -0.25) is 4.99 Å². The molecule has 16 heavy (non-hydrogen) atoms. The summed E-state index contributed by atoms with van der Waals surface area (Å²) >= 11 is 5.84. The number of benzene rings is 1. The van der Waals surface area contributed by atoms with Crippen LogP contribution in [0.25, 0.3) is 0 Å². The average Bonchev–Trinajstić information content (AvgIpc) is 2.44. The van der Waals surface area contributed by atoms with Crippen LogP contribution in [0.4, 0.5) is 5.69 Å². The molecule has 2 nitrogen and oxygen atoms in total. The summed E-state index contributed by atoms with van der Waals surface area (Å²) in [7, 11) is 0. The Morgan fingerprint density at radius 1 is 1.31 bits per heavy atom. The highest BCUT2D eigenvalue weighted by molar-refractivity contribution is 6.30. The Hall–Kier alpha value is -1.02. The van der Waals surface area contributed by atoms with E-state index >= 15 is 0 Å². The number of nitrogens with one attached hydrogen (secondary N) is 1. The molecule has 0 radical (unpaired) electrons. The van der Waals surface area contributed by atoms with Crippen LogP contribution in [-0.4, -0.2) is 11.4 Å². The maximum atomic E-state index is 5.84. The largest absolute Gasteiger partial charge is 0.344 e. The standard InChI is InChI=1S/C13H17ClN2/c1-9-8-12(16-13(9,2)3)15-11-6-4-10(14)5-7-11/h4-7,9H,8H2,1-3H3,(H,15,16)/t9-/m1/s1. The zero-order chi connectivity index (χ0) is 11.8. The molecule has 0 aliphatic carbocycles. The molecular formula is C13H17ClN2. The maximum absolute atomic E-state index is 5.84. The molecule has 0 amide bonds. The second kappa shape index (κ2) is 4.10. The van der Waals surface area contributed by atoms with Crippen molar-refractivity contribution in [2.45, 2.75) is 32.7 Å². The zero-order valence-electron chi connectivity index (χ0n) is 9.92. The fraction of sp³-hybridized carbons (Fsp3) is 0.462. The third kappa shape index (κ3) is 2.38. The van der Waals surface area contributed by atoms with Crippen molar-refractivity contribution >= 4 is 23.1 Å². The van der Waals surface area contributed by atoms with Crippen LogP contribution in [0.1, 0.15) is 27.2 Å². The Morgan fingerprint density at radius 3 is 2.44 bits per heavy atom. The molecule has 0 aromatic heterocycles. The van der Waals surface area contributed by atoms with Crippen molar-refractivity contribution < 1.29 is 0 Å². The van der Waals surface area contributed by atoms with E-state index in [4.69, 9.17) is 16.6 Å². The van der Waals surface area contributed by atoms with Gasteiger partial charge in [-0.25, -0.2) is 0 Å². The van der Waals surface area contributed by atoms with Gasteiger partial charge in [0.05, 0.1) is 5.54 Å². The van der Waals surface area contributed by atoms with Crippen LogP contribution in [0.3, 0.4) is 0 Å². The van der Waals surface area contributed by atoms with Crippen LogP contribution < -0.4 is 5.32 Å². The molecule has 1 aromatic rings. The third-order valence-corrected chi connectivity index (χ3v) is 3.51. The number of aliphatic imine (C=N–C) groups is 1. The molecule has 0 unspecified atom stereocenters. The summed E-state index contributed by atoms with van der Waals surface area (Å²) in [5.74, 6) is 1.65. The summed E-state index contributed by atoms with van der Waals surface area (Å²) < 4.78 is 0. The highest BCUT2D eigenvalue weighted by atomic mass is 35.5. The summed E-state index contributed by atoms with van der Waals surface area (Å²) in [6.45, 7) is 6.59. The first-order valence-electron chi connectivity index (χ1n) is 5.59. The Labute approximate surface area is 102 Å². The molecule has 0 spiro atoms. The first-order chi connectivity index (χ1) is 7.47.